The lowest BCUT2D eigenvalue weighted by Gasteiger charge is -2.21. The van der Waals surface area contributed by atoms with Crippen LogP contribution in [0.1, 0.15) is 31.0 Å². The molecular weight excluding hydrogens is 454 g/mol. The summed E-state index contributed by atoms with van der Waals surface area (Å²) in [4.78, 5) is 53.8. The third-order valence-electron chi connectivity index (χ3n) is 5.21. The number of nitrogens with zero attached hydrogens (tertiary/aromatic N) is 1. The first-order valence-electron chi connectivity index (χ1n) is 10.4. The van der Waals surface area contributed by atoms with Crippen molar-refractivity contribution >= 4 is 34.8 Å². The number of rotatable bonds is 11. The molecular formula is C22H24F2N4O4S. The Morgan fingerprint density at radius 3 is 2.48 bits per heavy atom. The monoisotopic (exact) mass is 478 g/mol. The highest BCUT2D eigenvalue weighted by molar-refractivity contribution is 7.07. The smallest absolute Gasteiger partial charge is 0.289 e. The highest BCUT2D eigenvalue weighted by atomic mass is 32.1. The standard InChI is InChI=1S/C22H24F2N4O4S/c1-13(27-18(29)8-15-9-22(15,23)24)20(31)28-17(7-14-5-3-2-4-6-14)19(30)21(32)25-10-16-11-33-12-26-16/h2-6,11-13,15,17H,7-10H2,1H3,(H,25,32)(H,27,29)(H,28,31)/t13-,15?,17-/m1/s1. The number of amides is 3. The Balaban J connectivity index is 1.60. The molecule has 1 unspecified atom stereocenters. The molecule has 0 radical (unpaired) electrons. The number of ketones is 1. The van der Waals surface area contributed by atoms with Gasteiger partial charge >= 0.3 is 0 Å². The summed E-state index contributed by atoms with van der Waals surface area (Å²) < 4.78 is 26.0. The molecule has 1 aromatic carbocycles. The first-order chi connectivity index (χ1) is 15.7. The fraction of sp³-hybridized carbons (Fsp3) is 0.409. The fourth-order valence-electron chi connectivity index (χ4n) is 3.18. The Morgan fingerprint density at radius 2 is 1.88 bits per heavy atom. The minimum absolute atomic E-state index is 0.0600. The van der Waals surface area contributed by atoms with Crippen molar-refractivity contribution in [1.29, 1.82) is 0 Å². The van der Waals surface area contributed by atoms with Crippen LogP contribution >= 0.6 is 11.3 Å². The summed E-state index contributed by atoms with van der Waals surface area (Å²) >= 11 is 1.35. The van der Waals surface area contributed by atoms with E-state index in [1.54, 1.807) is 41.2 Å². The van der Waals surface area contributed by atoms with Gasteiger partial charge in [-0.2, -0.15) is 0 Å². The van der Waals surface area contributed by atoms with Gasteiger partial charge in [-0.15, -0.1) is 11.3 Å². The molecule has 3 amide bonds. The summed E-state index contributed by atoms with van der Waals surface area (Å²) in [6.45, 7) is 1.45. The zero-order valence-electron chi connectivity index (χ0n) is 17.8. The van der Waals surface area contributed by atoms with Crippen molar-refractivity contribution in [3.8, 4) is 0 Å². The van der Waals surface area contributed by atoms with Crippen LogP contribution < -0.4 is 16.0 Å². The van der Waals surface area contributed by atoms with Gasteiger partial charge in [0.15, 0.2) is 0 Å². The van der Waals surface area contributed by atoms with Gasteiger partial charge in [0.25, 0.3) is 11.8 Å². The zero-order valence-corrected chi connectivity index (χ0v) is 18.7. The van der Waals surface area contributed by atoms with Crippen LogP contribution in [0.3, 0.4) is 0 Å². The molecule has 0 spiro atoms. The molecule has 176 valence electrons. The molecule has 0 saturated heterocycles. The predicted molar refractivity (Wildman–Crippen MR) is 116 cm³/mol. The Hall–Kier alpha value is -3.21. The van der Waals surface area contributed by atoms with Crippen molar-refractivity contribution in [2.75, 3.05) is 0 Å². The molecule has 3 N–H and O–H groups in total. The Bertz CT molecular complexity index is 1000. The third kappa shape index (κ3) is 7.14. The molecule has 1 fully saturated rings. The SMILES string of the molecule is C[C@@H](NC(=O)CC1CC1(F)F)C(=O)N[C@H](Cc1ccccc1)C(=O)C(=O)NCc1cscn1. The minimum Gasteiger partial charge on any atom is -0.345 e. The maximum Gasteiger partial charge on any atom is 0.289 e. The van der Waals surface area contributed by atoms with Crippen molar-refractivity contribution in [2.45, 2.75) is 50.7 Å². The van der Waals surface area contributed by atoms with Crippen molar-refractivity contribution in [3.05, 3.63) is 52.5 Å². The van der Waals surface area contributed by atoms with Crippen LogP contribution in [0.4, 0.5) is 8.78 Å². The molecule has 1 saturated carbocycles. The van der Waals surface area contributed by atoms with Gasteiger partial charge in [-0.05, 0) is 12.5 Å². The number of hydrogen-bond donors (Lipinski definition) is 3. The van der Waals surface area contributed by atoms with Gasteiger partial charge in [-0.1, -0.05) is 30.3 Å². The summed E-state index contributed by atoms with van der Waals surface area (Å²) in [6.07, 6.45) is -0.662. The van der Waals surface area contributed by atoms with E-state index in [4.69, 9.17) is 0 Å². The van der Waals surface area contributed by atoms with Crippen LogP contribution in [-0.4, -0.2) is 46.5 Å². The molecule has 1 heterocycles. The molecule has 0 aliphatic heterocycles. The van der Waals surface area contributed by atoms with Crippen LogP contribution in [-0.2, 0) is 32.1 Å². The summed E-state index contributed by atoms with van der Waals surface area (Å²) in [5.41, 5.74) is 2.92. The fourth-order valence-corrected chi connectivity index (χ4v) is 3.74. The summed E-state index contributed by atoms with van der Waals surface area (Å²) in [5.74, 6) is -6.95. The normalized spacial score (nSPS) is 18.0. The second-order valence-corrected chi connectivity index (χ2v) is 8.65. The Morgan fingerprint density at radius 1 is 1.18 bits per heavy atom. The number of nitrogens with one attached hydrogen (secondary N) is 3. The van der Waals surface area contributed by atoms with Gasteiger partial charge in [0, 0.05) is 30.6 Å². The number of halogens is 2. The number of carbonyl (C=O) groups is 4. The van der Waals surface area contributed by atoms with Crippen molar-refractivity contribution < 1.29 is 28.0 Å². The van der Waals surface area contributed by atoms with Crippen LogP contribution in [0.15, 0.2) is 41.2 Å². The maximum absolute atomic E-state index is 13.0. The van der Waals surface area contributed by atoms with E-state index in [1.165, 1.54) is 18.3 Å². The third-order valence-corrected chi connectivity index (χ3v) is 5.85. The number of hydrogen-bond acceptors (Lipinski definition) is 6. The number of carbonyl (C=O) groups excluding carboxylic acids is 4. The van der Waals surface area contributed by atoms with Crippen LogP contribution in [0.2, 0.25) is 0 Å². The number of Topliss-reactive ketones (excluding diaryl/α,β-unsaturated/α-hetero) is 1. The lowest BCUT2D eigenvalue weighted by Crippen LogP contribution is -2.53. The molecule has 3 atom stereocenters. The van der Waals surface area contributed by atoms with E-state index >= 15 is 0 Å². The average Bonchev–Trinajstić information content (AvgIpc) is 3.15. The molecule has 1 aromatic heterocycles. The molecule has 3 rings (SSSR count). The van der Waals surface area contributed by atoms with E-state index in [-0.39, 0.29) is 25.8 Å². The average molecular weight is 479 g/mol. The Labute approximate surface area is 193 Å². The van der Waals surface area contributed by atoms with Gasteiger partial charge in [0.05, 0.1) is 17.7 Å². The van der Waals surface area contributed by atoms with Crippen LogP contribution in [0, 0.1) is 5.92 Å². The molecule has 2 aromatic rings. The van der Waals surface area contributed by atoms with Gasteiger partial charge in [0.1, 0.15) is 12.1 Å². The number of alkyl halides is 2. The summed E-state index contributed by atoms with van der Waals surface area (Å²) in [5, 5.41) is 9.09. The molecule has 0 bridgehead atoms. The second kappa shape index (κ2) is 10.6. The first-order valence-corrected chi connectivity index (χ1v) is 11.3. The maximum atomic E-state index is 13.0. The molecule has 1 aliphatic rings. The highest BCUT2D eigenvalue weighted by Gasteiger charge is 2.57. The molecule has 8 nitrogen and oxygen atoms in total. The summed E-state index contributed by atoms with van der Waals surface area (Å²) in [6, 6.07) is 6.56. The van der Waals surface area contributed by atoms with E-state index in [1.807, 2.05) is 0 Å². The minimum atomic E-state index is -2.83. The van der Waals surface area contributed by atoms with Crippen molar-refractivity contribution in [2.24, 2.45) is 5.92 Å². The molecule has 1 aliphatic carbocycles. The zero-order chi connectivity index (χ0) is 24.0. The van der Waals surface area contributed by atoms with Crippen LogP contribution in [0.5, 0.6) is 0 Å². The molecule has 33 heavy (non-hydrogen) atoms. The predicted octanol–water partition coefficient (Wildman–Crippen LogP) is 1.61. The summed E-state index contributed by atoms with van der Waals surface area (Å²) in [7, 11) is 0. The van der Waals surface area contributed by atoms with E-state index in [2.05, 4.69) is 20.9 Å². The number of benzene rings is 1. The van der Waals surface area contributed by atoms with Gasteiger partial charge in [0.2, 0.25) is 17.6 Å². The first kappa shape index (κ1) is 24.4. The number of thiazole rings is 1. The van der Waals surface area contributed by atoms with Gasteiger partial charge in [-0.3, -0.25) is 19.2 Å². The van der Waals surface area contributed by atoms with E-state index in [0.29, 0.717) is 5.69 Å². The van der Waals surface area contributed by atoms with Crippen molar-refractivity contribution in [3.63, 3.8) is 0 Å². The van der Waals surface area contributed by atoms with Crippen LogP contribution in [0.25, 0.3) is 0 Å². The van der Waals surface area contributed by atoms with E-state index < -0.39 is 47.4 Å². The number of aromatic nitrogens is 1. The topological polar surface area (TPSA) is 117 Å². The quantitative estimate of drug-likeness (QED) is 0.424. The largest absolute Gasteiger partial charge is 0.345 e. The van der Waals surface area contributed by atoms with E-state index in [0.717, 1.165) is 5.56 Å². The van der Waals surface area contributed by atoms with Gasteiger partial charge < -0.3 is 16.0 Å². The lowest BCUT2D eigenvalue weighted by atomic mass is 10.0. The van der Waals surface area contributed by atoms with Crippen molar-refractivity contribution in [1.82, 2.24) is 20.9 Å². The highest BCUT2D eigenvalue weighted by Crippen LogP contribution is 2.50. The Kier molecular flexibility index (Phi) is 7.85. The second-order valence-electron chi connectivity index (χ2n) is 7.93. The van der Waals surface area contributed by atoms with Gasteiger partial charge in [-0.25, -0.2) is 13.8 Å². The molecule has 11 heteroatoms. The lowest BCUT2D eigenvalue weighted by molar-refractivity contribution is -0.140. The van der Waals surface area contributed by atoms with E-state index in [9.17, 15) is 28.0 Å².